The summed E-state index contributed by atoms with van der Waals surface area (Å²) in [4.78, 5) is 0. The van der Waals surface area contributed by atoms with Gasteiger partial charge in [-0.3, -0.25) is 0 Å². The highest BCUT2D eigenvalue weighted by Crippen LogP contribution is 2.20. The van der Waals surface area contributed by atoms with Crippen molar-refractivity contribution in [1.29, 1.82) is 0 Å². The Hall–Kier alpha value is -0.340. The molecule has 1 heterocycles. The second-order valence-electron chi connectivity index (χ2n) is 4.45. The lowest BCUT2D eigenvalue weighted by atomic mass is 9.85. The van der Waals surface area contributed by atoms with E-state index >= 15 is 0 Å². The SMILES string of the molecule is CC1(C)C=CC(N)C(C)(C)N1. The molecule has 0 radical (unpaired) electrons. The van der Waals surface area contributed by atoms with E-state index in [2.05, 4.69) is 45.2 Å². The molecule has 3 N–H and O–H groups in total. The van der Waals surface area contributed by atoms with E-state index in [-0.39, 0.29) is 17.1 Å². The van der Waals surface area contributed by atoms with Crippen molar-refractivity contribution in [2.75, 3.05) is 0 Å². The third kappa shape index (κ3) is 1.82. The van der Waals surface area contributed by atoms with Gasteiger partial charge in [0.05, 0.1) is 0 Å². The maximum absolute atomic E-state index is 5.88. The first-order valence-corrected chi connectivity index (χ1v) is 4.08. The minimum atomic E-state index is 0.0122. The first-order valence-electron chi connectivity index (χ1n) is 4.08. The van der Waals surface area contributed by atoms with Gasteiger partial charge in [0.25, 0.3) is 0 Å². The Morgan fingerprint density at radius 3 is 2.18 bits per heavy atom. The van der Waals surface area contributed by atoms with Crippen LogP contribution < -0.4 is 11.1 Å². The largest absolute Gasteiger partial charge is 0.323 e. The molecule has 0 aliphatic carbocycles. The molecule has 64 valence electrons. The van der Waals surface area contributed by atoms with Crippen LogP contribution in [0.3, 0.4) is 0 Å². The van der Waals surface area contributed by atoms with Crippen LogP contribution in [0.1, 0.15) is 27.7 Å². The third-order valence-electron chi connectivity index (χ3n) is 2.20. The zero-order valence-electron chi connectivity index (χ0n) is 7.81. The summed E-state index contributed by atoms with van der Waals surface area (Å²) in [6.07, 6.45) is 4.21. The molecule has 0 aromatic heterocycles. The molecule has 1 rings (SSSR count). The summed E-state index contributed by atoms with van der Waals surface area (Å²) in [5.74, 6) is 0. The van der Waals surface area contributed by atoms with Crippen LogP contribution in [0, 0.1) is 0 Å². The van der Waals surface area contributed by atoms with Crippen LogP contribution in [-0.2, 0) is 0 Å². The maximum Gasteiger partial charge on any atom is 0.0404 e. The predicted molar refractivity (Wildman–Crippen MR) is 48.4 cm³/mol. The summed E-state index contributed by atoms with van der Waals surface area (Å²) < 4.78 is 0. The van der Waals surface area contributed by atoms with E-state index in [1.165, 1.54) is 0 Å². The summed E-state index contributed by atoms with van der Waals surface area (Å²) in [5, 5.41) is 3.47. The Labute approximate surface area is 68.9 Å². The van der Waals surface area contributed by atoms with E-state index < -0.39 is 0 Å². The van der Waals surface area contributed by atoms with Crippen molar-refractivity contribution in [2.45, 2.75) is 44.8 Å². The molecule has 0 bridgehead atoms. The number of hydrogen-bond donors (Lipinski definition) is 2. The Bertz CT molecular complexity index is 180. The van der Waals surface area contributed by atoms with E-state index in [1.807, 2.05) is 0 Å². The molecular formula is C9H18N2. The Morgan fingerprint density at radius 1 is 1.27 bits per heavy atom. The van der Waals surface area contributed by atoms with Gasteiger partial charge in [-0.05, 0) is 27.7 Å². The molecule has 1 atom stereocenters. The molecule has 1 aliphatic heterocycles. The van der Waals surface area contributed by atoms with Crippen molar-refractivity contribution >= 4 is 0 Å². The summed E-state index contributed by atoms with van der Waals surface area (Å²) in [6.45, 7) is 8.56. The zero-order chi connectivity index (χ0) is 8.70. The third-order valence-corrected chi connectivity index (χ3v) is 2.20. The fourth-order valence-corrected chi connectivity index (χ4v) is 1.54. The number of nitrogens with one attached hydrogen (secondary N) is 1. The van der Waals surface area contributed by atoms with Crippen LogP contribution in [-0.4, -0.2) is 17.1 Å². The van der Waals surface area contributed by atoms with Crippen molar-refractivity contribution in [1.82, 2.24) is 5.32 Å². The lowest BCUT2D eigenvalue weighted by Crippen LogP contribution is -2.62. The molecule has 0 spiro atoms. The molecule has 2 heteroatoms. The monoisotopic (exact) mass is 154 g/mol. The van der Waals surface area contributed by atoms with E-state index in [1.54, 1.807) is 0 Å². The molecule has 11 heavy (non-hydrogen) atoms. The number of nitrogens with two attached hydrogens (primary N) is 1. The van der Waals surface area contributed by atoms with Crippen LogP contribution in [0.15, 0.2) is 12.2 Å². The van der Waals surface area contributed by atoms with Gasteiger partial charge in [-0.15, -0.1) is 0 Å². The van der Waals surface area contributed by atoms with E-state index in [0.29, 0.717) is 0 Å². The van der Waals surface area contributed by atoms with Crippen molar-refractivity contribution in [3.05, 3.63) is 12.2 Å². The van der Waals surface area contributed by atoms with Crippen LogP contribution in [0.4, 0.5) is 0 Å². The van der Waals surface area contributed by atoms with Gasteiger partial charge in [-0.25, -0.2) is 0 Å². The number of hydrogen-bond acceptors (Lipinski definition) is 2. The summed E-state index contributed by atoms with van der Waals surface area (Å²) in [7, 11) is 0. The second-order valence-corrected chi connectivity index (χ2v) is 4.45. The van der Waals surface area contributed by atoms with E-state index in [4.69, 9.17) is 5.73 Å². The van der Waals surface area contributed by atoms with Crippen molar-refractivity contribution in [3.8, 4) is 0 Å². The quantitative estimate of drug-likeness (QED) is 0.511. The molecule has 0 amide bonds. The van der Waals surface area contributed by atoms with Gasteiger partial charge in [0, 0.05) is 17.1 Å². The summed E-state index contributed by atoms with van der Waals surface area (Å²) in [5.41, 5.74) is 5.98. The molecule has 0 aromatic rings. The standard InChI is InChI=1S/C9H18N2/c1-8(2)6-5-7(10)9(3,4)11-8/h5-7,11H,10H2,1-4H3. The maximum atomic E-state index is 5.88. The normalized spacial score (nSPS) is 33.7. The lowest BCUT2D eigenvalue weighted by Gasteiger charge is -2.42. The number of rotatable bonds is 0. The van der Waals surface area contributed by atoms with Gasteiger partial charge in [0.2, 0.25) is 0 Å². The minimum absolute atomic E-state index is 0.0122. The van der Waals surface area contributed by atoms with Crippen LogP contribution in [0.5, 0.6) is 0 Å². The highest BCUT2D eigenvalue weighted by atomic mass is 15.1. The summed E-state index contributed by atoms with van der Waals surface area (Å²) >= 11 is 0. The first kappa shape index (κ1) is 8.75. The van der Waals surface area contributed by atoms with Crippen molar-refractivity contribution in [3.63, 3.8) is 0 Å². The average Bonchev–Trinajstić information content (AvgIpc) is 1.77. The van der Waals surface area contributed by atoms with Gasteiger partial charge < -0.3 is 11.1 Å². The van der Waals surface area contributed by atoms with Crippen LogP contribution >= 0.6 is 0 Å². The second kappa shape index (κ2) is 2.32. The fourth-order valence-electron chi connectivity index (χ4n) is 1.54. The van der Waals surface area contributed by atoms with Gasteiger partial charge in [-0.2, -0.15) is 0 Å². The van der Waals surface area contributed by atoms with Gasteiger partial charge >= 0.3 is 0 Å². The highest BCUT2D eigenvalue weighted by molar-refractivity contribution is 5.17. The Balaban J connectivity index is 2.85. The molecule has 1 unspecified atom stereocenters. The average molecular weight is 154 g/mol. The zero-order valence-corrected chi connectivity index (χ0v) is 7.81. The topological polar surface area (TPSA) is 38.0 Å². The van der Waals surface area contributed by atoms with Crippen molar-refractivity contribution in [2.24, 2.45) is 5.73 Å². The predicted octanol–water partition coefficient (Wildman–Crippen LogP) is 1.03. The Kier molecular flexibility index (Phi) is 1.85. The molecule has 0 aromatic carbocycles. The molecule has 0 saturated carbocycles. The van der Waals surface area contributed by atoms with E-state index in [9.17, 15) is 0 Å². The minimum Gasteiger partial charge on any atom is -0.323 e. The van der Waals surface area contributed by atoms with Gasteiger partial charge in [-0.1, -0.05) is 12.2 Å². The molecular weight excluding hydrogens is 136 g/mol. The Morgan fingerprint density at radius 2 is 1.82 bits per heavy atom. The first-order chi connectivity index (χ1) is 4.83. The van der Waals surface area contributed by atoms with Gasteiger partial charge in [0.15, 0.2) is 0 Å². The van der Waals surface area contributed by atoms with Crippen LogP contribution in [0.25, 0.3) is 0 Å². The van der Waals surface area contributed by atoms with Crippen LogP contribution in [0.2, 0.25) is 0 Å². The molecule has 0 fully saturated rings. The van der Waals surface area contributed by atoms with E-state index in [0.717, 1.165) is 0 Å². The highest BCUT2D eigenvalue weighted by Gasteiger charge is 2.33. The lowest BCUT2D eigenvalue weighted by molar-refractivity contribution is 0.265. The molecule has 2 nitrogen and oxygen atoms in total. The smallest absolute Gasteiger partial charge is 0.0404 e. The van der Waals surface area contributed by atoms with Crippen molar-refractivity contribution < 1.29 is 0 Å². The van der Waals surface area contributed by atoms with Gasteiger partial charge in [0.1, 0.15) is 0 Å². The summed E-state index contributed by atoms with van der Waals surface area (Å²) in [6, 6.07) is 0.121. The molecule has 1 aliphatic rings. The molecule has 0 saturated heterocycles. The fraction of sp³-hybridized carbons (Fsp3) is 0.778.